The third-order valence-corrected chi connectivity index (χ3v) is 1.68. The summed E-state index contributed by atoms with van der Waals surface area (Å²) in [5.74, 6) is -16.4. The molecule has 0 saturated carbocycles. The van der Waals surface area contributed by atoms with Crippen LogP contribution in [-0.2, 0) is 14.3 Å². The van der Waals surface area contributed by atoms with Crippen molar-refractivity contribution < 1.29 is 45.0 Å². The number of hydrogen-bond acceptors (Lipinski definition) is 4. The van der Waals surface area contributed by atoms with E-state index in [9.17, 15) is 35.5 Å². The van der Waals surface area contributed by atoms with Gasteiger partial charge in [-0.2, -0.15) is 30.7 Å². The van der Waals surface area contributed by atoms with Crippen molar-refractivity contribution in [3.8, 4) is 0 Å². The predicted molar refractivity (Wildman–Crippen MR) is 46.3 cm³/mol. The first kappa shape index (κ1) is 17.4. The largest absolute Gasteiger partial charge is 0.465 e. The molecule has 0 aromatic carbocycles. The molecule has 0 saturated heterocycles. The highest BCUT2D eigenvalue weighted by Gasteiger charge is 2.75. The maximum Gasteiger partial charge on any atom is 0.460 e. The Hall–Kier alpha value is -1.55. The van der Waals surface area contributed by atoms with Crippen LogP contribution in [0.3, 0.4) is 0 Å². The molecule has 0 aliphatic heterocycles. The molecule has 0 rings (SSSR count). The van der Waals surface area contributed by atoms with Crippen molar-refractivity contribution in [3.05, 3.63) is 0 Å². The third kappa shape index (κ3) is 3.70. The lowest BCUT2D eigenvalue weighted by Crippen LogP contribution is -2.56. The third-order valence-electron chi connectivity index (χ3n) is 1.68. The molecule has 0 amide bonds. The van der Waals surface area contributed by atoms with E-state index in [1.807, 2.05) is 0 Å². The Morgan fingerprint density at radius 3 is 1.89 bits per heavy atom. The molecular formula is C8H8F7NO3. The van der Waals surface area contributed by atoms with E-state index in [0.29, 0.717) is 0 Å². The van der Waals surface area contributed by atoms with Crippen molar-refractivity contribution in [1.82, 2.24) is 0 Å². The Labute approximate surface area is 102 Å². The standard InChI is InChI=1S/C8H8F7NO3/c1-2-18-4(17)3-19-5(16)6(9,10)7(11,12)8(13,14)15/h16H,2-3H2,1H3. The van der Waals surface area contributed by atoms with E-state index in [2.05, 4.69) is 9.47 Å². The van der Waals surface area contributed by atoms with Crippen molar-refractivity contribution >= 4 is 11.9 Å². The van der Waals surface area contributed by atoms with Crippen LogP contribution in [0.15, 0.2) is 0 Å². The summed E-state index contributed by atoms with van der Waals surface area (Å²) in [4.78, 5) is 10.6. The van der Waals surface area contributed by atoms with E-state index in [4.69, 9.17) is 5.41 Å². The SMILES string of the molecule is CCOC(=O)COC(=N)C(F)(F)C(F)(F)C(F)(F)F. The van der Waals surface area contributed by atoms with Gasteiger partial charge in [0.1, 0.15) is 0 Å². The lowest BCUT2D eigenvalue weighted by atomic mass is 10.1. The van der Waals surface area contributed by atoms with Gasteiger partial charge in [-0.3, -0.25) is 5.41 Å². The molecule has 0 heterocycles. The molecule has 4 nitrogen and oxygen atoms in total. The Morgan fingerprint density at radius 2 is 1.53 bits per heavy atom. The van der Waals surface area contributed by atoms with Crippen LogP contribution < -0.4 is 0 Å². The summed E-state index contributed by atoms with van der Waals surface area (Å²) in [5.41, 5.74) is 0. The summed E-state index contributed by atoms with van der Waals surface area (Å²) in [6.07, 6.45) is -6.57. The van der Waals surface area contributed by atoms with Crippen LogP contribution in [0.5, 0.6) is 0 Å². The monoisotopic (exact) mass is 299 g/mol. The fraction of sp³-hybridized carbons (Fsp3) is 0.750. The first-order valence-corrected chi connectivity index (χ1v) is 4.57. The van der Waals surface area contributed by atoms with Crippen LogP contribution in [-0.4, -0.2) is 43.1 Å². The average Bonchev–Trinajstić information content (AvgIpc) is 2.24. The van der Waals surface area contributed by atoms with Crippen LogP contribution >= 0.6 is 0 Å². The van der Waals surface area contributed by atoms with Gasteiger partial charge >= 0.3 is 24.0 Å². The van der Waals surface area contributed by atoms with E-state index in [0.717, 1.165) is 0 Å². The number of nitrogens with one attached hydrogen (secondary N) is 1. The summed E-state index contributed by atoms with van der Waals surface area (Å²) in [5, 5.41) is 6.39. The second kappa shape index (κ2) is 5.61. The number of carbonyl (C=O) groups excluding carboxylic acids is 1. The molecule has 0 atom stereocenters. The molecule has 0 bridgehead atoms. The normalized spacial score (nSPS) is 13.1. The molecule has 0 unspecified atom stereocenters. The van der Waals surface area contributed by atoms with E-state index in [1.165, 1.54) is 6.92 Å². The lowest BCUT2D eigenvalue weighted by molar-refractivity contribution is -0.339. The average molecular weight is 299 g/mol. The topological polar surface area (TPSA) is 59.4 Å². The van der Waals surface area contributed by atoms with E-state index < -0.39 is 36.5 Å². The van der Waals surface area contributed by atoms with Gasteiger partial charge in [0.05, 0.1) is 6.61 Å². The molecular weight excluding hydrogens is 291 g/mol. The molecule has 19 heavy (non-hydrogen) atoms. The zero-order valence-electron chi connectivity index (χ0n) is 9.28. The van der Waals surface area contributed by atoms with E-state index in [-0.39, 0.29) is 6.61 Å². The fourth-order valence-corrected chi connectivity index (χ4v) is 0.745. The predicted octanol–water partition coefficient (Wildman–Crippen LogP) is 2.38. The Kier molecular flexibility index (Phi) is 5.15. The smallest absolute Gasteiger partial charge is 0.460 e. The molecule has 0 aliphatic rings. The van der Waals surface area contributed by atoms with Gasteiger partial charge in [-0.05, 0) is 6.92 Å². The number of rotatable bonds is 5. The molecule has 0 radical (unpaired) electrons. The number of ether oxygens (including phenoxy) is 2. The number of halogens is 7. The zero-order valence-corrected chi connectivity index (χ0v) is 9.28. The molecule has 11 heteroatoms. The van der Waals surface area contributed by atoms with Crippen LogP contribution in [0.4, 0.5) is 30.7 Å². The Morgan fingerprint density at radius 1 is 1.05 bits per heavy atom. The second-order valence-corrected chi connectivity index (χ2v) is 3.07. The highest BCUT2D eigenvalue weighted by atomic mass is 19.4. The highest BCUT2D eigenvalue weighted by Crippen LogP contribution is 2.46. The molecule has 112 valence electrons. The summed E-state index contributed by atoms with van der Waals surface area (Å²) in [6.45, 7) is -0.240. The maximum atomic E-state index is 12.8. The molecule has 1 N–H and O–H groups in total. The number of carbonyl (C=O) groups is 1. The first-order chi connectivity index (χ1) is 8.38. The molecule has 0 spiro atoms. The molecule has 0 aromatic rings. The van der Waals surface area contributed by atoms with Gasteiger partial charge in [-0.25, -0.2) is 4.79 Å². The van der Waals surface area contributed by atoms with E-state index >= 15 is 0 Å². The molecule has 0 aromatic heterocycles. The van der Waals surface area contributed by atoms with Crippen LogP contribution in [0, 0.1) is 5.41 Å². The summed E-state index contributed by atoms with van der Waals surface area (Å²) in [7, 11) is 0. The second-order valence-electron chi connectivity index (χ2n) is 3.07. The van der Waals surface area contributed by atoms with Crippen molar-refractivity contribution in [2.24, 2.45) is 0 Å². The first-order valence-electron chi connectivity index (χ1n) is 4.57. The van der Waals surface area contributed by atoms with Gasteiger partial charge in [0.25, 0.3) is 5.90 Å². The Bertz CT molecular complexity index is 353. The van der Waals surface area contributed by atoms with Crippen molar-refractivity contribution in [2.45, 2.75) is 24.9 Å². The summed E-state index contributed by atoms with van der Waals surface area (Å²) in [6, 6.07) is 0. The summed E-state index contributed by atoms with van der Waals surface area (Å²) < 4.78 is 93.3. The number of hydrogen-bond donors (Lipinski definition) is 1. The maximum absolute atomic E-state index is 12.8. The van der Waals surface area contributed by atoms with Gasteiger partial charge in [0.2, 0.25) is 0 Å². The minimum atomic E-state index is -6.57. The minimum absolute atomic E-state index is 0.190. The van der Waals surface area contributed by atoms with Crippen molar-refractivity contribution in [2.75, 3.05) is 13.2 Å². The Balaban J connectivity index is 4.83. The van der Waals surface area contributed by atoms with Crippen LogP contribution in [0.1, 0.15) is 6.92 Å². The fourth-order valence-electron chi connectivity index (χ4n) is 0.745. The van der Waals surface area contributed by atoms with Crippen LogP contribution in [0.25, 0.3) is 0 Å². The molecule has 0 aliphatic carbocycles. The quantitative estimate of drug-likeness (QED) is 0.367. The van der Waals surface area contributed by atoms with Gasteiger partial charge in [-0.15, -0.1) is 0 Å². The van der Waals surface area contributed by atoms with Crippen molar-refractivity contribution in [3.63, 3.8) is 0 Å². The van der Waals surface area contributed by atoms with Gasteiger partial charge < -0.3 is 9.47 Å². The van der Waals surface area contributed by atoms with Crippen molar-refractivity contribution in [1.29, 1.82) is 5.41 Å². The van der Waals surface area contributed by atoms with Crippen LogP contribution in [0.2, 0.25) is 0 Å². The molecule has 0 fully saturated rings. The highest BCUT2D eigenvalue weighted by molar-refractivity contribution is 5.84. The minimum Gasteiger partial charge on any atom is -0.465 e. The number of alkyl halides is 7. The van der Waals surface area contributed by atoms with Gasteiger partial charge in [0.15, 0.2) is 6.61 Å². The van der Waals surface area contributed by atoms with E-state index in [1.54, 1.807) is 0 Å². The zero-order chi connectivity index (χ0) is 15.5. The lowest BCUT2D eigenvalue weighted by Gasteiger charge is -2.27. The number of esters is 1. The summed E-state index contributed by atoms with van der Waals surface area (Å²) >= 11 is 0. The van der Waals surface area contributed by atoms with Gasteiger partial charge in [0, 0.05) is 0 Å². The van der Waals surface area contributed by atoms with Gasteiger partial charge in [-0.1, -0.05) is 0 Å².